The molecule has 0 N–H and O–H groups in total. The van der Waals surface area contributed by atoms with Crippen molar-refractivity contribution in [2.24, 2.45) is 0 Å². The van der Waals surface area contributed by atoms with Crippen LogP contribution in [-0.4, -0.2) is 18.6 Å². The number of hydrogen-bond acceptors (Lipinski definition) is 1. The maximum Gasteiger partial charge on any atom is 0.276 e. The zero-order chi connectivity index (χ0) is 13.3. The van der Waals surface area contributed by atoms with Crippen molar-refractivity contribution in [1.82, 2.24) is 0 Å². The van der Waals surface area contributed by atoms with Crippen molar-refractivity contribution < 1.29 is 13.5 Å². The van der Waals surface area contributed by atoms with Crippen LogP contribution in [-0.2, 0) is 4.74 Å². The van der Waals surface area contributed by atoms with Crippen LogP contribution < -0.4 is 0 Å². The highest BCUT2D eigenvalue weighted by molar-refractivity contribution is 4.96. The minimum absolute atomic E-state index is 0.0647. The lowest BCUT2D eigenvalue weighted by molar-refractivity contribution is 0.0120. The fourth-order valence-electron chi connectivity index (χ4n) is 2.18. The molecule has 1 unspecified atom stereocenters. The molecule has 0 saturated heterocycles. The van der Waals surface area contributed by atoms with Gasteiger partial charge in [0.2, 0.25) is 0 Å². The van der Waals surface area contributed by atoms with Crippen molar-refractivity contribution >= 4 is 0 Å². The van der Waals surface area contributed by atoms with Crippen LogP contribution in [0.15, 0.2) is 0 Å². The fourth-order valence-corrected chi connectivity index (χ4v) is 2.18. The molecule has 18 heavy (non-hydrogen) atoms. The van der Waals surface area contributed by atoms with E-state index >= 15 is 0 Å². The zero-order valence-corrected chi connectivity index (χ0v) is 11.7. The Hall–Kier alpha value is -0.180. The Bertz CT molecular complexity index is 207. The molecule has 0 amide bonds. The molecule has 1 aliphatic rings. The van der Waals surface area contributed by atoms with Gasteiger partial charge in [-0.15, -0.1) is 0 Å². The van der Waals surface area contributed by atoms with Gasteiger partial charge in [-0.3, -0.25) is 0 Å². The second kappa shape index (κ2) is 8.84. The second-order valence-electron chi connectivity index (χ2n) is 5.51. The summed E-state index contributed by atoms with van der Waals surface area (Å²) in [5.74, 6) is -2.52. The van der Waals surface area contributed by atoms with Crippen molar-refractivity contribution in [3.63, 3.8) is 0 Å². The highest BCUT2D eigenvalue weighted by Crippen LogP contribution is 2.44. The minimum atomic E-state index is -2.52. The van der Waals surface area contributed by atoms with Crippen molar-refractivity contribution in [2.75, 3.05) is 6.61 Å². The predicted molar refractivity (Wildman–Crippen MR) is 71.1 cm³/mol. The molecule has 1 nitrogen and oxygen atoms in total. The van der Waals surface area contributed by atoms with Gasteiger partial charge >= 0.3 is 0 Å². The van der Waals surface area contributed by atoms with Gasteiger partial charge in [0.25, 0.3) is 5.92 Å². The van der Waals surface area contributed by atoms with Crippen LogP contribution in [0.3, 0.4) is 0 Å². The van der Waals surface area contributed by atoms with E-state index in [-0.39, 0.29) is 6.42 Å². The van der Waals surface area contributed by atoms with E-state index < -0.39 is 12.0 Å². The molecule has 0 radical (unpaired) electrons. The van der Waals surface area contributed by atoms with Crippen LogP contribution >= 0.6 is 0 Å². The Labute approximate surface area is 110 Å². The topological polar surface area (TPSA) is 9.23 Å². The normalized spacial score (nSPS) is 21.2. The van der Waals surface area contributed by atoms with Gasteiger partial charge in [0.05, 0.1) is 0 Å². The van der Waals surface area contributed by atoms with Crippen LogP contribution in [0.25, 0.3) is 0 Å². The van der Waals surface area contributed by atoms with Crippen molar-refractivity contribution in [1.29, 1.82) is 0 Å². The molecule has 1 saturated carbocycles. The predicted octanol–water partition coefficient (Wildman–Crippen LogP) is 5.33. The van der Waals surface area contributed by atoms with Gasteiger partial charge in [0, 0.05) is 13.0 Å². The van der Waals surface area contributed by atoms with Gasteiger partial charge in [-0.1, -0.05) is 64.7 Å². The summed E-state index contributed by atoms with van der Waals surface area (Å²) in [5, 5.41) is 0. The average Bonchev–Trinajstić information content (AvgIpc) is 2.94. The van der Waals surface area contributed by atoms with E-state index in [1.807, 2.05) is 0 Å². The molecular weight excluding hydrogens is 234 g/mol. The standard InChI is InChI=1S/C15H28F2O/c1-2-3-4-5-6-7-8-9-10-11-12-18-14-13-15(14,16)17/h14H,2-13H2,1H3. The SMILES string of the molecule is CCCCCCCCCCCCOC1CC1(F)F. The summed E-state index contributed by atoms with van der Waals surface area (Å²) in [6.45, 7) is 2.75. The summed E-state index contributed by atoms with van der Waals surface area (Å²) < 4.78 is 30.0. The summed E-state index contributed by atoms with van der Waals surface area (Å²) in [6.07, 6.45) is 11.8. The molecule has 1 fully saturated rings. The first-order chi connectivity index (χ1) is 8.67. The number of halogens is 2. The van der Waals surface area contributed by atoms with Crippen LogP contribution in [0.2, 0.25) is 0 Å². The summed E-state index contributed by atoms with van der Waals surface area (Å²) in [4.78, 5) is 0. The monoisotopic (exact) mass is 262 g/mol. The molecule has 3 heteroatoms. The minimum Gasteiger partial charge on any atom is -0.372 e. The highest BCUT2D eigenvalue weighted by atomic mass is 19.3. The van der Waals surface area contributed by atoms with Crippen LogP contribution in [0.4, 0.5) is 8.78 Å². The summed E-state index contributed by atoms with van der Waals surface area (Å²) in [6, 6.07) is 0. The van der Waals surface area contributed by atoms with Gasteiger partial charge in [-0.2, -0.15) is 0 Å². The Morgan fingerprint density at radius 3 is 1.78 bits per heavy atom. The molecule has 0 aromatic heterocycles. The molecule has 0 aliphatic heterocycles. The third-order valence-electron chi connectivity index (χ3n) is 3.59. The lowest BCUT2D eigenvalue weighted by atomic mass is 10.1. The number of ether oxygens (including phenoxy) is 1. The summed E-state index contributed by atoms with van der Waals surface area (Å²) in [5.41, 5.74) is 0. The first-order valence-corrected chi connectivity index (χ1v) is 7.66. The fraction of sp³-hybridized carbons (Fsp3) is 1.00. The van der Waals surface area contributed by atoms with Crippen molar-refractivity contribution in [3.8, 4) is 0 Å². The average molecular weight is 262 g/mol. The maximum atomic E-state index is 12.5. The van der Waals surface area contributed by atoms with E-state index in [0.29, 0.717) is 6.61 Å². The molecule has 1 atom stereocenters. The third-order valence-corrected chi connectivity index (χ3v) is 3.59. The molecule has 1 aliphatic carbocycles. The largest absolute Gasteiger partial charge is 0.372 e. The summed E-state index contributed by atoms with van der Waals surface area (Å²) in [7, 11) is 0. The van der Waals surface area contributed by atoms with Crippen LogP contribution in [0.1, 0.15) is 77.6 Å². The number of unbranched alkanes of at least 4 members (excludes halogenated alkanes) is 9. The molecule has 0 aromatic rings. The van der Waals surface area contributed by atoms with E-state index in [1.54, 1.807) is 0 Å². The molecule has 0 bridgehead atoms. The van der Waals surface area contributed by atoms with Crippen molar-refractivity contribution in [2.45, 2.75) is 89.6 Å². The number of hydrogen-bond donors (Lipinski definition) is 0. The Morgan fingerprint density at radius 2 is 1.33 bits per heavy atom. The van der Waals surface area contributed by atoms with Gasteiger partial charge in [0.15, 0.2) is 0 Å². The van der Waals surface area contributed by atoms with E-state index in [1.165, 1.54) is 51.4 Å². The van der Waals surface area contributed by atoms with Gasteiger partial charge in [-0.25, -0.2) is 8.78 Å². The zero-order valence-electron chi connectivity index (χ0n) is 11.7. The molecule has 0 heterocycles. The summed E-state index contributed by atoms with van der Waals surface area (Å²) >= 11 is 0. The Balaban J connectivity index is 1.69. The second-order valence-corrected chi connectivity index (χ2v) is 5.51. The highest BCUT2D eigenvalue weighted by Gasteiger charge is 2.58. The maximum absolute atomic E-state index is 12.5. The van der Waals surface area contributed by atoms with Gasteiger partial charge in [-0.05, 0) is 6.42 Å². The molecule has 108 valence electrons. The number of alkyl halides is 2. The Morgan fingerprint density at radius 1 is 0.889 bits per heavy atom. The van der Waals surface area contributed by atoms with Gasteiger partial charge < -0.3 is 4.74 Å². The lowest BCUT2D eigenvalue weighted by Crippen LogP contribution is -2.05. The van der Waals surface area contributed by atoms with Crippen LogP contribution in [0.5, 0.6) is 0 Å². The molecule has 1 rings (SSSR count). The smallest absolute Gasteiger partial charge is 0.276 e. The van der Waals surface area contributed by atoms with Crippen molar-refractivity contribution in [3.05, 3.63) is 0 Å². The van der Waals surface area contributed by atoms with Gasteiger partial charge in [0.1, 0.15) is 6.10 Å². The van der Waals surface area contributed by atoms with E-state index in [2.05, 4.69) is 6.92 Å². The Kier molecular flexibility index (Phi) is 7.80. The molecular formula is C15H28F2O. The molecule has 0 spiro atoms. The third kappa shape index (κ3) is 7.30. The van der Waals surface area contributed by atoms with E-state index in [0.717, 1.165) is 12.8 Å². The quantitative estimate of drug-likeness (QED) is 0.432. The molecule has 0 aromatic carbocycles. The van der Waals surface area contributed by atoms with E-state index in [4.69, 9.17) is 4.74 Å². The lowest BCUT2D eigenvalue weighted by Gasteiger charge is -2.03. The first kappa shape index (κ1) is 15.9. The van der Waals surface area contributed by atoms with E-state index in [9.17, 15) is 8.78 Å². The number of rotatable bonds is 12. The first-order valence-electron chi connectivity index (χ1n) is 7.66. The van der Waals surface area contributed by atoms with Crippen LogP contribution in [0, 0.1) is 0 Å².